The molecule has 0 aliphatic heterocycles. The first-order valence-electron chi connectivity index (χ1n) is 9.15. The highest BCUT2D eigenvalue weighted by molar-refractivity contribution is 14.0. The highest BCUT2D eigenvalue weighted by Crippen LogP contribution is 2.14. The molecule has 3 N–H and O–H groups in total. The summed E-state index contributed by atoms with van der Waals surface area (Å²) in [7, 11) is 1.79. The quantitative estimate of drug-likeness (QED) is 0.211. The number of nitrogens with one attached hydrogen (secondary N) is 3. The van der Waals surface area contributed by atoms with Crippen molar-refractivity contribution in [2.75, 3.05) is 13.6 Å². The first-order valence-corrected chi connectivity index (χ1v) is 9.15. The lowest BCUT2D eigenvalue weighted by Crippen LogP contribution is -2.42. The van der Waals surface area contributed by atoms with Gasteiger partial charge in [0.05, 0.1) is 6.26 Å². The van der Waals surface area contributed by atoms with E-state index in [1.54, 1.807) is 13.3 Å². The third-order valence-electron chi connectivity index (χ3n) is 4.02. The second-order valence-electron chi connectivity index (χ2n) is 6.23. The molecule has 146 valence electrons. The molecule has 0 aromatic carbocycles. The maximum absolute atomic E-state index is 5.29. The number of guanidine groups is 1. The minimum Gasteiger partial charge on any atom is -0.461 e. The summed E-state index contributed by atoms with van der Waals surface area (Å²) in [6.45, 7) is 5.17. The number of furan rings is 1. The highest BCUT2D eigenvalue weighted by Gasteiger charge is 2.09. The summed E-state index contributed by atoms with van der Waals surface area (Å²) in [5.41, 5.74) is 0. The van der Waals surface area contributed by atoms with Gasteiger partial charge in [0.25, 0.3) is 0 Å². The van der Waals surface area contributed by atoms with Gasteiger partial charge >= 0.3 is 0 Å². The fourth-order valence-electron chi connectivity index (χ4n) is 2.60. The van der Waals surface area contributed by atoms with Crippen molar-refractivity contribution in [1.29, 1.82) is 0 Å². The van der Waals surface area contributed by atoms with E-state index in [9.17, 15) is 0 Å². The molecule has 2 heterocycles. The number of nitrogens with zero attached hydrogens (tertiary/aromatic N) is 3. The number of unbranched alkanes of at least 4 members (excludes halogenated alkanes) is 3. The average molecular weight is 474 g/mol. The van der Waals surface area contributed by atoms with Crippen molar-refractivity contribution in [3.63, 3.8) is 0 Å². The molecule has 8 heteroatoms. The van der Waals surface area contributed by atoms with Gasteiger partial charge in [-0.2, -0.15) is 5.10 Å². The van der Waals surface area contributed by atoms with Crippen molar-refractivity contribution >= 4 is 29.9 Å². The maximum atomic E-state index is 5.29. The molecular weight excluding hydrogens is 443 g/mol. The summed E-state index contributed by atoms with van der Waals surface area (Å²) in [6, 6.07) is 4.09. The van der Waals surface area contributed by atoms with Crippen molar-refractivity contribution in [3.05, 3.63) is 24.2 Å². The highest BCUT2D eigenvalue weighted by atomic mass is 127. The Labute approximate surface area is 172 Å². The van der Waals surface area contributed by atoms with E-state index in [0.717, 1.165) is 31.2 Å². The van der Waals surface area contributed by atoms with E-state index >= 15 is 0 Å². The molecule has 0 saturated carbocycles. The van der Waals surface area contributed by atoms with Crippen LogP contribution in [0.1, 0.15) is 51.8 Å². The van der Waals surface area contributed by atoms with Gasteiger partial charge in [0.2, 0.25) is 5.82 Å². The molecule has 2 aromatic rings. The van der Waals surface area contributed by atoms with Gasteiger partial charge in [-0.3, -0.25) is 10.1 Å². The minimum absolute atomic E-state index is 0. The van der Waals surface area contributed by atoms with Crippen LogP contribution in [0.5, 0.6) is 0 Å². The summed E-state index contributed by atoms with van der Waals surface area (Å²) in [5, 5.41) is 13.9. The van der Waals surface area contributed by atoms with Crippen LogP contribution >= 0.6 is 24.0 Å². The monoisotopic (exact) mass is 474 g/mol. The summed E-state index contributed by atoms with van der Waals surface area (Å²) in [6.07, 6.45) is 8.66. The third kappa shape index (κ3) is 7.76. The second-order valence-corrected chi connectivity index (χ2v) is 6.23. The average Bonchev–Trinajstić information content (AvgIpc) is 3.29. The number of hydrogen-bond donors (Lipinski definition) is 3. The van der Waals surface area contributed by atoms with Crippen molar-refractivity contribution in [2.45, 2.75) is 58.4 Å². The van der Waals surface area contributed by atoms with Gasteiger partial charge in [0, 0.05) is 26.1 Å². The van der Waals surface area contributed by atoms with E-state index in [1.807, 2.05) is 12.1 Å². The third-order valence-corrected chi connectivity index (χ3v) is 4.02. The Morgan fingerprint density at radius 1 is 1.35 bits per heavy atom. The summed E-state index contributed by atoms with van der Waals surface area (Å²) in [5.74, 6) is 2.91. The number of rotatable bonds is 10. The van der Waals surface area contributed by atoms with Gasteiger partial charge < -0.3 is 15.1 Å². The van der Waals surface area contributed by atoms with Crippen LogP contribution in [-0.2, 0) is 6.42 Å². The first kappa shape index (κ1) is 22.5. The van der Waals surface area contributed by atoms with Gasteiger partial charge in [-0.1, -0.05) is 32.6 Å². The number of aliphatic imine (C=N–C) groups is 1. The van der Waals surface area contributed by atoms with E-state index in [2.05, 4.69) is 44.7 Å². The predicted molar refractivity (Wildman–Crippen MR) is 116 cm³/mol. The molecule has 0 aliphatic rings. The zero-order chi connectivity index (χ0) is 17.9. The molecule has 0 spiro atoms. The Morgan fingerprint density at radius 3 is 2.88 bits per heavy atom. The van der Waals surface area contributed by atoms with Crippen LogP contribution in [0.4, 0.5) is 0 Å². The van der Waals surface area contributed by atoms with E-state index in [1.165, 1.54) is 25.7 Å². The molecule has 0 radical (unpaired) electrons. The Hall–Kier alpha value is -1.58. The molecule has 0 fully saturated rings. The fourth-order valence-corrected chi connectivity index (χ4v) is 2.60. The van der Waals surface area contributed by atoms with Crippen LogP contribution in [0.25, 0.3) is 11.6 Å². The van der Waals surface area contributed by atoms with Crippen LogP contribution in [0.15, 0.2) is 27.8 Å². The van der Waals surface area contributed by atoms with Gasteiger partial charge in [-0.25, -0.2) is 4.98 Å². The smallest absolute Gasteiger partial charge is 0.216 e. The Morgan fingerprint density at radius 2 is 2.19 bits per heavy atom. The molecule has 2 aromatic heterocycles. The zero-order valence-electron chi connectivity index (χ0n) is 15.9. The standard InChI is InChI=1S/C18H30N6O.HI/c1-4-5-6-7-9-14(2)21-18(19-3)20-12-11-16-22-17(24-23-16)15-10-8-13-25-15;/h8,10,13-14H,4-7,9,11-12H2,1-3H3,(H2,19,20,21)(H,22,23,24);1H. The Balaban J connectivity index is 0.00000338. The number of H-pyrrole nitrogens is 1. The molecule has 26 heavy (non-hydrogen) atoms. The SMILES string of the molecule is CCCCCCC(C)NC(=NC)NCCc1nc(-c2ccco2)n[nH]1.I. The normalized spacial score (nSPS) is 12.5. The summed E-state index contributed by atoms with van der Waals surface area (Å²) in [4.78, 5) is 8.72. The number of hydrogen-bond acceptors (Lipinski definition) is 4. The van der Waals surface area contributed by atoms with E-state index in [0.29, 0.717) is 17.6 Å². The van der Waals surface area contributed by atoms with Crippen LogP contribution < -0.4 is 10.6 Å². The molecule has 0 saturated heterocycles. The molecule has 0 aliphatic carbocycles. The second kappa shape index (κ2) is 12.7. The molecule has 0 bridgehead atoms. The largest absolute Gasteiger partial charge is 0.461 e. The zero-order valence-corrected chi connectivity index (χ0v) is 18.2. The number of halogens is 1. The predicted octanol–water partition coefficient (Wildman–Crippen LogP) is 3.75. The Kier molecular flexibility index (Phi) is 11.0. The molecule has 1 atom stereocenters. The minimum atomic E-state index is 0. The first-order chi connectivity index (χ1) is 12.2. The maximum Gasteiger partial charge on any atom is 0.216 e. The molecule has 1 unspecified atom stereocenters. The topological polar surface area (TPSA) is 91.1 Å². The lowest BCUT2D eigenvalue weighted by atomic mass is 10.1. The van der Waals surface area contributed by atoms with E-state index in [-0.39, 0.29) is 24.0 Å². The number of aromatic nitrogens is 3. The molecular formula is C18H31IN6O. The lowest BCUT2D eigenvalue weighted by Gasteiger charge is -2.17. The number of aromatic amines is 1. The van der Waals surface area contributed by atoms with Crippen molar-refractivity contribution < 1.29 is 4.42 Å². The van der Waals surface area contributed by atoms with E-state index < -0.39 is 0 Å². The fraction of sp³-hybridized carbons (Fsp3) is 0.611. The van der Waals surface area contributed by atoms with Gasteiger partial charge in [0.1, 0.15) is 5.82 Å². The van der Waals surface area contributed by atoms with Gasteiger partial charge in [-0.15, -0.1) is 24.0 Å². The molecule has 0 amide bonds. The van der Waals surface area contributed by atoms with E-state index in [4.69, 9.17) is 4.42 Å². The Bertz CT molecular complexity index is 625. The van der Waals surface area contributed by atoms with Crippen molar-refractivity contribution in [2.24, 2.45) is 4.99 Å². The lowest BCUT2D eigenvalue weighted by molar-refractivity contribution is 0.537. The van der Waals surface area contributed by atoms with Crippen LogP contribution in [0.2, 0.25) is 0 Å². The summed E-state index contributed by atoms with van der Waals surface area (Å²) < 4.78 is 5.29. The molecule has 7 nitrogen and oxygen atoms in total. The van der Waals surface area contributed by atoms with Gasteiger partial charge in [-0.05, 0) is 25.5 Å². The van der Waals surface area contributed by atoms with Gasteiger partial charge in [0.15, 0.2) is 11.7 Å². The summed E-state index contributed by atoms with van der Waals surface area (Å²) >= 11 is 0. The van der Waals surface area contributed by atoms with Crippen LogP contribution in [0, 0.1) is 0 Å². The molecule has 2 rings (SSSR count). The van der Waals surface area contributed by atoms with Crippen molar-refractivity contribution in [1.82, 2.24) is 25.8 Å². The van der Waals surface area contributed by atoms with Crippen LogP contribution in [0.3, 0.4) is 0 Å². The van der Waals surface area contributed by atoms with Crippen molar-refractivity contribution in [3.8, 4) is 11.6 Å². The van der Waals surface area contributed by atoms with Crippen LogP contribution in [-0.4, -0.2) is 40.8 Å².